The van der Waals surface area contributed by atoms with Gasteiger partial charge in [-0.2, -0.15) is 0 Å². The van der Waals surface area contributed by atoms with E-state index in [1.165, 1.54) is 5.56 Å². The summed E-state index contributed by atoms with van der Waals surface area (Å²) in [7, 11) is 5.66. The Morgan fingerprint density at radius 2 is 2.00 bits per heavy atom. The van der Waals surface area contributed by atoms with Crippen molar-refractivity contribution >= 4 is 39.9 Å². The number of thiophene rings is 1. The molecule has 0 N–H and O–H groups in total. The van der Waals surface area contributed by atoms with Crippen LogP contribution in [0.5, 0.6) is 0 Å². The minimum absolute atomic E-state index is 0.187. The molecule has 0 spiro atoms. The predicted octanol–water partition coefficient (Wildman–Crippen LogP) is 2.60. The van der Waals surface area contributed by atoms with Crippen LogP contribution in [0.1, 0.15) is 26.3 Å². The molecule has 0 aliphatic carbocycles. The summed E-state index contributed by atoms with van der Waals surface area (Å²) in [6, 6.07) is 2.04. The van der Waals surface area contributed by atoms with Crippen LogP contribution in [0.25, 0.3) is 0 Å². The van der Waals surface area contributed by atoms with Crippen molar-refractivity contribution in [2.45, 2.75) is 26.2 Å². The molecule has 0 unspecified atom stereocenters. The molecule has 1 rings (SSSR count). The zero-order valence-corrected chi connectivity index (χ0v) is 9.34. The molecule has 1 heterocycles. The Labute approximate surface area is 81.6 Å². The second kappa shape index (κ2) is 2.94. The maximum Gasteiger partial charge on any atom is 0.128 e. The summed E-state index contributed by atoms with van der Waals surface area (Å²) in [6.07, 6.45) is 0. The lowest BCUT2D eigenvalue weighted by atomic mass is 9.88. The topological polar surface area (TPSA) is 0 Å². The van der Waals surface area contributed by atoms with E-state index in [1.807, 2.05) is 6.07 Å². The summed E-state index contributed by atoms with van der Waals surface area (Å²) >= 11 is 5.08. The second-order valence-corrected chi connectivity index (χ2v) is 5.99. The number of hydrogen-bond acceptors (Lipinski definition) is 1. The van der Waals surface area contributed by atoms with Crippen LogP contribution >= 0.6 is 27.3 Å². The Hall–Kier alpha value is 0.245. The van der Waals surface area contributed by atoms with Gasteiger partial charge in [-0.3, -0.25) is 0 Å². The van der Waals surface area contributed by atoms with E-state index in [4.69, 9.17) is 7.85 Å². The lowest BCUT2D eigenvalue weighted by molar-refractivity contribution is 0.590. The molecule has 0 aliphatic rings. The van der Waals surface area contributed by atoms with Crippen molar-refractivity contribution in [1.29, 1.82) is 0 Å². The first-order chi connectivity index (χ1) is 4.91. The van der Waals surface area contributed by atoms with E-state index < -0.39 is 0 Å². The smallest absolute Gasteiger partial charge is 0.128 e. The zero-order valence-electron chi connectivity index (χ0n) is 6.94. The minimum atomic E-state index is 0.187. The van der Waals surface area contributed by atoms with Crippen LogP contribution in [0.15, 0.2) is 9.85 Å². The fourth-order valence-electron chi connectivity index (χ4n) is 0.898. The molecule has 0 saturated carbocycles. The second-order valence-electron chi connectivity index (χ2n) is 3.59. The van der Waals surface area contributed by atoms with Gasteiger partial charge in [-0.25, -0.2) is 0 Å². The van der Waals surface area contributed by atoms with Gasteiger partial charge >= 0.3 is 0 Å². The van der Waals surface area contributed by atoms with E-state index in [2.05, 4.69) is 36.7 Å². The zero-order chi connectivity index (χ0) is 8.65. The lowest BCUT2D eigenvalue weighted by Gasteiger charge is -2.17. The van der Waals surface area contributed by atoms with E-state index in [9.17, 15) is 0 Å². The Morgan fingerprint density at radius 3 is 2.18 bits per heavy atom. The molecular formula is C8H10BBrS. The van der Waals surface area contributed by atoms with Crippen LogP contribution in [0, 0.1) is 0 Å². The maximum absolute atomic E-state index is 5.66. The third-order valence-electron chi connectivity index (χ3n) is 1.51. The molecule has 1 aromatic heterocycles. The van der Waals surface area contributed by atoms with Crippen molar-refractivity contribution in [2.75, 3.05) is 0 Å². The molecule has 0 amide bonds. The Balaban J connectivity index is 3.13. The molecule has 3 heteroatoms. The summed E-state index contributed by atoms with van der Waals surface area (Å²) in [5, 5.41) is 0. The standard InChI is InChI=1S/C8H10BBrS/c1-8(2,3)5-4-6(9)11-7(5)10/h4H,1-3H3. The molecule has 0 aliphatic heterocycles. The van der Waals surface area contributed by atoms with E-state index in [0.29, 0.717) is 0 Å². The molecular weight excluding hydrogens is 219 g/mol. The van der Waals surface area contributed by atoms with Gasteiger partial charge in [-0.05, 0) is 31.7 Å². The first kappa shape index (κ1) is 9.33. The summed E-state index contributed by atoms with van der Waals surface area (Å²) in [5.74, 6) is 0. The van der Waals surface area contributed by atoms with Crippen LogP contribution in [0.3, 0.4) is 0 Å². The molecule has 1 aromatic rings. The van der Waals surface area contributed by atoms with Gasteiger partial charge in [0.05, 0.1) is 3.79 Å². The SMILES string of the molecule is [B]c1cc(C(C)(C)C)c(Br)s1. The monoisotopic (exact) mass is 228 g/mol. The van der Waals surface area contributed by atoms with Gasteiger partial charge in [-0.1, -0.05) is 26.8 Å². The van der Waals surface area contributed by atoms with Crippen molar-refractivity contribution in [2.24, 2.45) is 0 Å². The lowest BCUT2D eigenvalue weighted by Crippen LogP contribution is -2.10. The van der Waals surface area contributed by atoms with Gasteiger partial charge < -0.3 is 0 Å². The number of hydrogen-bond donors (Lipinski definition) is 0. The normalized spacial score (nSPS) is 12.0. The van der Waals surface area contributed by atoms with Crippen LogP contribution in [-0.2, 0) is 5.41 Å². The van der Waals surface area contributed by atoms with Crippen molar-refractivity contribution in [3.05, 3.63) is 15.4 Å². The van der Waals surface area contributed by atoms with Crippen molar-refractivity contribution in [3.63, 3.8) is 0 Å². The molecule has 58 valence electrons. The largest absolute Gasteiger partial charge is 0.145 e. The average Bonchev–Trinajstić information content (AvgIpc) is 2.08. The quantitative estimate of drug-likeness (QED) is 0.599. The van der Waals surface area contributed by atoms with E-state index in [0.717, 1.165) is 8.56 Å². The maximum atomic E-state index is 5.66. The first-order valence-electron chi connectivity index (χ1n) is 3.46. The summed E-state index contributed by atoms with van der Waals surface area (Å²) in [6.45, 7) is 6.54. The summed E-state index contributed by atoms with van der Waals surface area (Å²) < 4.78 is 2.03. The van der Waals surface area contributed by atoms with Crippen LogP contribution in [-0.4, -0.2) is 7.85 Å². The molecule has 0 bridgehead atoms. The minimum Gasteiger partial charge on any atom is -0.145 e. The van der Waals surface area contributed by atoms with Crippen LogP contribution in [0.4, 0.5) is 0 Å². The van der Waals surface area contributed by atoms with Gasteiger partial charge in [0.25, 0.3) is 0 Å². The molecule has 0 atom stereocenters. The molecule has 0 aromatic carbocycles. The van der Waals surface area contributed by atoms with Gasteiger partial charge in [0.2, 0.25) is 0 Å². The fraction of sp³-hybridized carbons (Fsp3) is 0.500. The highest BCUT2D eigenvalue weighted by Gasteiger charge is 2.18. The Kier molecular flexibility index (Phi) is 2.50. The van der Waals surface area contributed by atoms with Gasteiger partial charge in [0, 0.05) is 0 Å². The van der Waals surface area contributed by atoms with E-state index >= 15 is 0 Å². The molecule has 0 fully saturated rings. The third kappa shape index (κ3) is 2.09. The predicted molar refractivity (Wildman–Crippen MR) is 56.1 cm³/mol. The fourth-order valence-corrected chi connectivity index (χ4v) is 3.03. The molecule has 0 nitrogen and oxygen atoms in total. The number of halogens is 1. The highest BCUT2D eigenvalue weighted by atomic mass is 79.9. The van der Waals surface area contributed by atoms with Gasteiger partial charge in [0.15, 0.2) is 0 Å². The molecule has 2 radical (unpaired) electrons. The van der Waals surface area contributed by atoms with Crippen molar-refractivity contribution < 1.29 is 0 Å². The molecule has 0 saturated heterocycles. The highest BCUT2D eigenvalue weighted by molar-refractivity contribution is 9.11. The van der Waals surface area contributed by atoms with Crippen LogP contribution < -0.4 is 4.78 Å². The third-order valence-corrected chi connectivity index (χ3v) is 3.18. The molecule has 11 heavy (non-hydrogen) atoms. The van der Waals surface area contributed by atoms with Gasteiger partial charge in [-0.15, -0.1) is 11.3 Å². The van der Waals surface area contributed by atoms with Crippen molar-refractivity contribution in [1.82, 2.24) is 0 Å². The first-order valence-corrected chi connectivity index (χ1v) is 5.07. The van der Waals surface area contributed by atoms with E-state index in [1.54, 1.807) is 11.3 Å². The van der Waals surface area contributed by atoms with Crippen LogP contribution in [0.2, 0.25) is 0 Å². The highest BCUT2D eigenvalue weighted by Crippen LogP contribution is 2.32. The van der Waals surface area contributed by atoms with Crippen molar-refractivity contribution in [3.8, 4) is 0 Å². The summed E-state index contributed by atoms with van der Waals surface area (Å²) in [5.41, 5.74) is 1.48. The van der Waals surface area contributed by atoms with Gasteiger partial charge in [0.1, 0.15) is 7.85 Å². The van der Waals surface area contributed by atoms with E-state index in [-0.39, 0.29) is 5.41 Å². The number of rotatable bonds is 0. The average molecular weight is 229 g/mol. The summed E-state index contributed by atoms with van der Waals surface area (Å²) in [4.78, 5) is 0. The Bertz CT molecular complexity index is 260. The Morgan fingerprint density at radius 1 is 1.45 bits per heavy atom.